The summed E-state index contributed by atoms with van der Waals surface area (Å²) in [5.41, 5.74) is 5.66. The number of carboxylic acid groups (broad SMARTS) is 1. The van der Waals surface area contributed by atoms with Crippen LogP contribution in [0.15, 0.2) is 17.0 Å². The Bertz CT molecular complexity index is 921. The summed E-state index contributed by atoms with van der Waals surface area (Å²) in [5.74, 6) is -1.93. The summed E-state index contributed by atoms with van der Waals surface area (Å²) in [6, 6.07) is 1.29. The van der Waals surface area contributed by atoms with E-state index in [9.17, 15) is 27.9 Å². The molecule has 1 unspecified atom stereocenters. The number of benzene rings is 1. The molecule has 1 saturated heterocycles. The van der Waals surface area contributed by atoms with Crippen LogP contribution >= 0.6 is 23.4 Å². The fraction of sp³-hybridized carbons (Fsp3) is 0.438. The first-order valence-electron chi connectivity index (χ1n) is 8.25. The van der Waals surface area contributed by atoms with Crippen molar-refractivity contribution in [2.75, 3.05) is 18.0 Å². The molecule has 1 fully saturated rings. The molecule has 12 heteroatoms. The van der Waals surface area contributed by atoms with Gasteiger partial charge in [0, 0.05) is 23.9 Å². The highest BCUT2D eigenvalue weighted by atomic mass is 35.5. The molecule has 1 aliphatic heterocycles. The minimum Gasteiger partial charge on any atom is -0.480 e. The third kappa shape index (κ3) is 4.96. The average Bonchev–Trinajstić information content (AvgIpc) is 3.07. The largest absolute Gasteiger partial charge is 0.480 e. The number of hydrogen-bond acceptors (Lipinski definition) is 7. The molecule has 0 saturated carbocycles. The number of anilines is 1. The number of primary sulfonamides is 1. The van der Waals surface area contributed by atoms with Gasteiger partial charge in [-0.2, -0.15) is 0 Å². The van der Waals surface area contributed by atoms with Crippen LogP contribution in [-0.2, 0) is 19.6 Å². The van der Waals surface area contributed by atoms with Crippen LogP contribution in [0.2, 0.25) is 5.02 Å². The molecule has 1 aromatic carbocycles. The lowest BCUT2D eigenvalue weighted by molar-refractivity contribution is -0.149. The fourth-order valence-electron chi connectivity index (χ4n) is 2.88. The summed E-state index contributed by atoms with van der Waals surface area (Å²) in [6.07, 6.45) is 1.01. The molecule has 0 spiro atoms. The maximum absolute atomic E-state index is 12.5. The molecule has 0 radical (unpaired) electrons. The number of thioether (sulfide) groups is 1. The lowest BCUT2D eigenvalue weighted by atomic mass is 10.1. The molecule has 5 N–H and O–H groups in total. The highest BCUT2D eigenvalue weighted by molar-refractivity contribution is 8.14. The number of rotatable bonds is 6. The van der Waals surface area contributed by atoms with E-state index in [1.807, 2.05) is 0 Å². The first-order chi connectivity index (χ1) is 12.9. The van der Waals surface area contributed by atoms with E-state index in [0.717, 1.165) is 23.9 Å². The maximum Gasteiger partial charge on any atom is 0.326 e. The van der Waals surface area contributed by atoms with E-state index in [1.54, 1.807) is 6.92 Å². The Balaban J connectivity index is 2.10. The topological polar surface area (TPSA) is 161 Å². The van der Waals surface area contributed by atoms with Gasteiger partial charge in [0.15, 0.2) is 0 Å². The smallest absolute Gasteiger partial charge is 0.326 e. The number of carbonyl (C=O) groups excluding carboxylic acids is 2. The van der Waals surface area contributed by atoms with Gasteiger partial charge in [0.1, 0.15) is 10.9 Å². The number of sulfonamides is 1. The van der Waals surface area contributed by atoms with Crippen LogP contribution in [0.4, 0.5) is 5.69 Å². The number of hydrogen-bond donors (Lipinski definition) is 3. The first kappa shape index (κ1) is 22.5. The van der Waals surface area contributed by atoms with Gasteiger partial charge in [0.2, 0.25) is 21.0 Å². The number of likely N-dealkylation sites (tertiary alicyclic amines) is 1. The van der Waals surface area contributed by atoms with Gasteiger partial charge in [-0.15, -0.1) is 0 Å². The van der Waals surface area contributed by atoms with Gasteiger partial charge in [-0.05, 0) is 25.0 Å². The van der Waals surface area contributed by atoms with Crippen molar-refractivity contribution < 1.29 is 27.9 Å². The first-order valence-corrected chi connectivity index (χ1v) is 11.2. The lowest BCUT2D eigenvalue weighted by Gasteiger charge is -2.24. The Kier molecular flexibility index (Phi) is 6.97. The number of halogens is 1. The zero-order valence-corrected chi connectivity index (χ0v) is 17.3. The van der Waals surface area contributed by atoms with Crippen LogP contribution in [0, 0.1) is 5.92 Å². The fourth-order valence-corrected chi connectivity index (χ4v) is 4.87. The number of aliphatic carboxylic acids is 1. The third-order valence-corrected chi connectivity index (χ3v) is 6.86. The van der Waals surface area contributed by atoms with Gasteiger partial charge in [0.05, 0.1) is 10.6 Å². The van der Waals surface area contributed by atoms with Crippen LogP contribution in [0.25, 0.3) is 0 Å². The minimum atomic E-state index is -4.14. The van der Waals surface area contributed by atoms with E-state index in [0.29, 0.717) is 19.4 Å². The molecule has 154 valence electrons. The molecule has 1 aliphatic rings. The van der Waals surface area contributed by atoms with E-state index in [1.165, 1.54) is 4.90 Å². The van der Waals surface area contributed by atoms with Crippen LogP contribution in [-0.4, -0.2) is 53.8 Å². The van der Waals surface area contributed by atoms with Gasteiger partial charge in [-0.1, -0.05) is 30.3 Å². The molecule has 2 rings (SSSR count). The summed E-state index contributed by atoms with van der Waals surface area (Å²) in [6.45, 7) is 1.96. The summed E-state index contributed by atoms with van der Waals surface area (Å²) < 4.78 is 23.1. The van der Waals surface area contributed by atoms with Crippen molar-refractivity contribution in [3.05, 3.63) is 22.7 Å². The van der Waals surface area contributed by atoms with Gasteiger partial charge in [-0.25, -0.2) is 18.4 Å². The van der Waals surface area contributed by atoms with Crippen LogP contribution in [0.1, 0.15) is 30.1 Å². The Hall–Kier alpha value is -1.82. The second kappa shape index (κ2) is 8.68. The maximum atomic E-state index is 12.5. The van der Waals surface area contributed by atoms with Gasteiger partial charge in [0.25, 0.3) is 0 Å². The number of carboxylic acids is 1. The van der Waals surface area contributed by atoms with E-state index in [4.69, 9.17) is 22.5 Å². The van der Waals surface area contributed by atoms with Gasteiger partial charge < -0.3 is 15.7 Å². The second-order valence-corrected chi connectivity index (χ2v) is 9.37. The zero-order valence-electron chi connectivity index (χ0n) is 14.9. The van der Waals surface area contributed by atoms with Gasteiger partial charge >= 0.3 is 5.97 Å². The number of nitrogens with zero attached hydrogens (tertiary/aromatic N) is 1. The molecule has 9 nitrogen and oxygen atoms in total. The molecule has 28 heavy (non-hydrogen) atoms. The molecular formula is C16H20ClN3O6S2. The molecule has 0 aromatic heterocycles. The number of nitrogen functional groups attached to an aromatic ring is 1. The highest BCUT2D eigenvalue weighted by Gasteiger charge is 2.36. The quantitative estimate of drug-likeness (QED) is 0.545. The Labute approximate surface area is 171 Å². The molecule has 0 bridgehead atoms. The Morgan fingerprint density at radius 2 is 2.04 bits per heavy atom. The predicted molar refractivity (Wildman–Crippen MR) is 106 cm³/mol. The van der Waals surface area contributed by atoms with Crippen LogP contribution in [0.5, 0.6) is 0 Å². The molecule has 2 atom stereocenters. The number of nitrogens with two attached hydrogens (primary N) is 2. The van der Waals surface area contributed by atoms with Crippen molar-refractivity contribution >= 4 is 56.1 Å². The molecule has 1 aromatic rings. The average molecular weight is 450 g/mol. The summed E-state index contributed by atoms with van der Waals surface area (Å²) >= 11 is 6.60. The zero-order chi connectivity index (χ0) is 21.2. The van der Waals surface area contributed by atoms with Gasteiger partial charge in [-0.3, -0.25) is 9.59 Å². The van der Waals surface area contributed by atoms with Crippen molar-refractivity contribution in [1.29, 1.82) is 0 Å². The second-order valence-electron chi connectivity index (χ2n) is 6.44. The summed E-state index contributed by atoms with van der Waals surface area (Å²) in [5, 5.41) is 13.5. The van der Waals surface area contributed by atoms with Crippen molar-refractivity contribution in [1.82, 2.24) is 4.90 Å². The van der Waals surface area contributed by atoms with E-state index in [2.05, 4.69) is 0 Å². The van der Waals surface area contributed by atoms with Crippen molar-refractivity contribution in [3.63, 3.8) is 0 Å². The lowest BCUT2D eigenvalue weighted by Crippen LogP contribution is -2.43. The van der Waals surface area contributed by atoms with Crippen LogP contribution < -0.4 is 10.9 Å². The van der Waals surface area contributed by atoms with E-state index >= 15 is 0 Å². The molecule has 1 amide bonds. The summed E-state index contributed by atoms with van der Waals surface area (Å²) in [7, 11) is -4.14. The Morgan fingerprint density at radius 1 is 1.39 bits per heavy atom. The molecular weight excluding hydrogens is 430 g/mol. The standard InChI is InChI=1S/C16H20ClN3O6S2/c1-8(14(21)20-4-2-3-12(20)15(22)23)7-27-16(24)9-5-13(28(19,25)26)10(17)6-11(9)18/h5-6,8,12H,2-4,7,18H2,1H3,(H,22,23)(H2,19,25,26)/t8?,12-/m0/s1. The highest BCUT2D eigenvalue weighted by Crippen LogP contribution is 2.30. The molecule has 0 aliphatic carbocycles. The van der Waals surface area contributed by atoms with Crippen molar-refractivity contribution in [2.45, 2.75) is 30.7 Å². The number of carbonyl (C=O) groups is 3. The Morgan fingerprint density at radius 3 is 2.61 bits per heavy atom. The van der Waals surface area contributed by atoms with Crippen molar-refractivity contribution in [3.8, 4) is 0 Å². The van der Waals surface area contributed by atoms with E-state index < -0.39 is 38.0 Å². The SMILES string of the molecule is CC(CSC(=O)c1cc(S(N)(=O)=O)c(Cl)cc1N)C(=O)N1CCC[C@H]1C(=O)O. The normalized spacial score (nSPS) is 18.1. The number of amides is 1. The van der Waals surface area contributed by atoms with Crippen molar-refractivity contribution in [2.24, 2.45) is 11.1 Å². The summed E-state index contributed by atoms with van der Waals surface area (Å²) in [4.78, 5) is 37.1. The third-order valence-electron chi connectivity index (χ3n) is 4.34. The predicted octanol–water partition coefficient (Wildman–Crippen LogP) is 1.15. The van der Waals surface area contributed by atoms with E-state index in [-0.39, 0.29) is 27.9 Å². The van der Waals surface area contributed by atoms with Crippen LogP contribution in [0.3, 0.4) is 0 Å². The minimum absolute atomic E-state index is 0.0145. The monoisotopic (exact) mass is 449 g/mol. The molecule has 1 heterocycles.